The highest BCUT2D eigenvalue weighted by atomic mass is 16.7. The molecule has 1 unspecified atom stereocenters. The van der Waals surface area contributed by atoms with Gasteiger partial charge in [0.05, 0.1) is 17.3 Å². The summed E-state index contributed by atoms with van der Waals surface area (Å²) in [6.07, 6.45) is 0.718. The fourth-order valence-electron chi connectivity index (χ4n) is 2.97. The molecule has 0 bridgehead atoms. The molecule has 1 aromatic rings. The van der Waals surface area contributed by atoms with Crippen LogP contribution in [0.5, 0.6) is 0 Å². The normalized spacial score (nSPS) is 27.5. The zero-order valence-electron chi connectivity index (χ0n) is 14.0. The van der Waals surface area contributed by atoms with Crippen LogP contribution in [0, 0.1) is 0 Å². The molecule has 0 amide bonds. The molecule has 1 atom stereocenters. The van der Waals surface area contributed by atoms with Gasteiger partial charge in [-0.3, -0.25) is 4.90 Å². The van der Waals surface area contributed by atoms with Crippen molar-refractivity contribution >= 4 is 12.6 Å². The molecule has 2 saturated heterocycles. The summed E-state index contributed by atoms with van der Waals surface area (Å²) in [5.74, 6) is 0. The number of hydrogen-bond donors (Lipinski definition) is 1. The number of aliphatic hydroxyl groups excluding tert-OH is 1. The van der Waals surface area contributed by atoms with E-state index in [1.807, 2.05) is 0 Å². The zero-order valence-corrected chi connectivity index (χ0v) is 14.0. The van der Waals surface area contributed by atoms with Gasteiger partial charge in [0.1, 0.15) is 0 Å². The minimum atomic E-state index is -0.304. The Morgan fingerprint density at radius 1 is 1.14 bits per heavy atom. The van der Waals surface area contributed by atoms with Crippen molar-refractivity contribution in [3.8, 4) is 0 Å². The maximum atomic E-state index is 9.59. The van der Waals surface area contributed by atoms with Crippen molar-refractivity contribution in [3.05, 3.63) is 29.8 Å². The van der Waals surface area contributed by atoms with Gasteiger partial charge in [0, 0.05) is 19.6 Å². The molecule has 22 heavy (non-hydrogen) atoms. The van der Waals surface area contributed by atoms with Crippen LogP contribution in [0.4, 0.5) is 0 Å². The monoisotopic (exact) mass is 303 g/mol. The van der Waals surface area contributed by atoms with Crippen molar-refractivity contribution in [1.29, 1.82) is 0 Å². The summed E-state index contributed by atoms with van der Waals surface area (Å²) in [4.78, 5) is 2.29. The molecular weight excluding hydrogens is 277 g/mol. The van der Waals surface area contributed by atoms with E-state index >= 15 is 0 Å². The van der Waals surface area contributed by atoms with Crippen molar-refractivity contribution < 1.29 is 14.4 Å². The van der Waals surface area contributed by atoms with E-state index in [0.29, 0.717) is 0 Å². The van der Waals surface area contributed by atoms with E-state index in [1.165, 1.54) is 5.56 Å². The van der Waals surface area contributed by atoms with E-state index in [0.717, 1.165) is 31.5 Å². The molecule has 0 saturated carbocycles. The lowest BCUT2D eigenvalue weighted by Gasteiger charge is -2.32. The maximum absolute atomic E-state index is 9.59. The summed E-state index contributed by atoms with van der Waals surface area (Å²) in [6, 6.07) is 8.43. The van der Waals surface area contributed by atoms with E-state index < -0.39 is 0 Å². The molecule has 0 spiro atoms. The van der Waals surface area contributed by atoms with Gasteiger partial charge in [-0.1, -0.05) is 24.3 Å². The van der Waals surface area contributed by atoms with Gasteiger partial charge in [0.15, 0.2) is 0 Å². The second-order valence-electron chi connectivity index (χ2n) is 7.51. The predicted molar refractivity (Wildman–Crippen MR) is 88.1 cm³/mol. The summed E-state index contributed by atoms with van der Waals surface area (Å²) in [6.45, 7) is 10.9. The van der Waals surface area contributed by atoms with E-state index in [9.17, 15) is 5.11 Å². The SMILES string of the molecule is CC1(C)OB(c2ccc(CN3CCC(O)C3)cc2)OC1(C)C. The van der Waals surface area contributed by atoms with Crippen molar-refractivity contribution in [1.82, 2.24) is 4.90 Å². The molecule has 0 aromatic heterocycles. The van der Waals surface area contributed by atoms with Gasteiger partial charge in [-0.2, -0.15) is 0 Å². The highest BCUT2D eigenvalue weighted by Gasteiger charge is 2.51. The molecule has 0 radical (unpaired) electrons. The Morgan fingerprint density at radius 2 is 1.73 bits per heavy atom. The number of nitrogens with zero attached hydrogens (tertiary/aromatic N) is 1. The van der Waals surface area contributed by atoms with Gasteiger partial charge in [0.25, 0.3) is 0 Å². The summed E-state index contributed by atoms with van der Waals surface area (Å²) in [5.41, 5.74) is 1.71. The van der Waals surface area contributed by atoms with Gasteiger partial charge in [-0.05, 0) is 45.1 Å². The number of likely N-dealkylation sites (tertiary alicyclic amines) is 1. The Balaban J connectivity index is 1.65. The summed E-state index contributed by atoms with van der Waals surface area (Å²) >= 11 is 0. The number of rotatable bonds is 3. The van der Waals surface area contributed by atoms with Crippen LogP contribution in [0.15, 0.2) is 24.3 Å². The zero-order chi connectivity index (χ0) is 16.0. The van der Waals surface area contributed by atoms with Crippen molar-refractivity contribution in [2.45, 2.75) is 58.0 Å². The first kappa shape index (κ1) is 16.0. The molecule has 0 aliphatic carbocycles. The van der Waals surface area contributed by atoms with Crippen LogP contribution < -0.4 is 5.46 Å². The average molecular weight is 303 g/mol. The fourth-order valence-corrected chi connectivity index (χ4v) is 2.97. The molecule has 2 aliphatic rings. The van der Waals surface area contributed by atoms with E-state index in [4.69, 9.17) is 9.31 Å². The minimum Gasteiger partial charge on any atom is -0.399 e. The van der Waals surface area contributed by atoms with Crippen LogP contribution in [0.2, 0.25) is 0 Å². The van der Waals surface area contributed by atoms with E-state index in [2.05, 4.69) is 56.9 Å². The number of hydrogen-bond acceptors (Lipinski definition) is 4. The lowest BCUT2D eigenvalue weighted by molar-refractivity contribution is 0.00578. The summed E-state index contributed by atoms with van der Waals surface area (Å²) in [5, 5.41) is 9.59. The first-order valence-corrected chi connectivity index (χ1v) is 8.12. The third kappa shape index (κ3) is 3.09. The van der Waals surface area contributed by atoms with Crippen LogP contribution in [-0.2, 0) is 15.9 Å². The van der Waals surface area contributed by atoms with Crippen LogP contribution in [0.1, 0.15) is 39.7 Å². The van der Waals surface area contributed by atoms with Gasteiger partial charge >= 0.3 is 7.12 Å². The molecule has 4 nitrogen and oxygen atoms in total. The van der Waals surface area contributed by atoms with E-state index in [1.54, 1.807) is 0 Å². The molecule has 5 heteroatoms. The molecule has 1 aromatic carbocycles. The molecule has 2 heterocycles. The third-order valence-electron chi connectivity index (χ3n) is 5.16. The summed E-state index contributed by atoms with van der Waals surface area (Å²) < 4.78 is 12.1. The standard InChI is InChI=1S/C17H26BNO3/c1-16(2)17(3,4)22-18(21-16)14-7-5-13(6-8-14)11-19-10-9-15(20)12-19/h5-8,15,20H,9-12H2,1-4H3. The van der Waals surface area contributed by atoms with Crippen molar-refractivity contribution in [2.75, 3.05) is 13.1 Å². The maximum Gasteiger partial charge on any atom is 0.494 e. The van der Waals surface area contributed by atoms with Gasteiger partial charge in [-0.15, -0.1) is 0 Å². The predicted octanol–water partition coefficient (Wildman–Crippen LogP) is 1.55. The van der Waals surface area contributed by atoms with Crippen LogP contribution in [0.25, 0.3) is 0 Å². The Bertz CT molecular complexity index is 513. The largest absolute Gasteiger partial charge is 0.494 e. The molecule has 120 valence electrons. The Labute approximate surface area is 133 Å². The van der Waals surface area contributed by atoms with E-state index in [-0.39, 0.29) is 24.4 Å². The smallest absolute Gasteiger partial charge is 0.399 e. The Hall–Kier alpha value is -0.875. The lowest BCUT2D eigenvalue weighted by atomic mass is 9.79. The third-order valence-corrected chi connectivity index (χ3v) is 5.16. The first-order valence-electron chi connectivity index (χ1n) is 8.12. The van der Waals surface area contributed by atoms with Crippen molar-refractivity contribution in [3.63, 3.8) is 0 Å². The van der Waals surface area contributed by atoms with Gasteiger partial charge in [-0.25, -0.2) is 0 Å². The van der Waals surface area contributed by atoms with Crippen molar-refractivity contribution in [2.24, 2.45) is 0 Å². The van der Waals surface area contributed by atoms with Gasteiger partial charge in [0.2, 0.25) is 0 Å². The minimum absolute atomic E-state index is 0.163. The Kier molecular flexibility index (Phi) is 4.10. The highest BCUT2D eigenvalue weighted by molar-refractivity contribution is 6.62. The second kappa shape index (κ2) is 5.64. The molecule has 2 aliphatic heterocycles. The second-order valence-corrected chi connectivity index (χ2v) is 7.51. The quantitative estimate of drug-likeness (QED) is 0.860. The fraction of sp³-hybridized carbons (Fsp3) is 0.647. The average Bonchev–Trinajstić information content (AvgIpc) is 2.92. The number of benzene rings is 1. The number of aliphatic hydroxyl groups is 1. The molecular formula is C17H26BNO3. The first-order chi connectivity index (χ1) is 10.3. The number of β-amino-alcohol motifs (C(OH)–C–C–N with tert-alkyl or cyclic N) is 1. The highest BCUT2D eigenvalue weighted by Crippen LogP contribution is 2.36. The van der Waals surface area contributed by atoms with Crippen LogP contribution in [-0.4, -0.2) is 47.5 Å². The molecule has 1 N–H and O–H groups in total. The molecule has 2 fully saturated rings. The molecule has 3 rings (SSSR count). The summed E-state index contributed by atoms with van der Waals surface area (Å²) in [7, 11) is -0.298. The van der Waals surface area contributed by atoms with Crippen LogP contribution in [0.3, 0.4) is 0 Å². The topological polar surface area (TPSA) is 41.9 Å². The Morgan fingerprint density at radius 3 is 2.23 bits per heavy atom. The van der Waals surface area contributed by atoms with Gasteiger partial charge < -0.3 is 14.4 Å². The lowest BCUT2D eigenvalue weighted by Crippen LogP contribution is -2.41. The van der Waals surface area contributed by atoms with Crippen LogP contribution >= 0.6 is 0 Å².